The first-order chi connectivity index (χ1) is 12.5. The molecule has 0 heterocycles. The minimum atomic E-state index is -0.483. The van der Waals surface area contributed by atoms with E-state index in [1.807, 2.05) is 31.2 Å². The minimum Gasteiger partial charge on any atom is -0.497 e. The summed E-state index contributed by atoms with van der Waals surface area (Å²) in [7, 11) is 1.59. The Morgan fingerprint density at radius 2 is 1.92 bits per heavy atom. The molecule has 0 N–H and O–H groups in total. The molecule has 0 amide bonds. The smallest absolute Gasteiger partial charge is 0.331 e. The SMILES string of the molecule is CCOc1ccc(C(C)=O)cc1COC(=O)/C=C\c1cccc(OC)c1. The lowest BCUT2D eigenvalue weighted by molar-refractivity contribution is -0.138. The Bertz CT molecular complexity index is 808. The van der Waals surface area contributed by atoms with Crippen molar-refractivity contribution < 1.29 is 23.8 Å². The second-order valence-electron chi connectivity index (χ2n) is 5.53. The van der Waals surface area contributed by atoms with Crippen molar-refractivity contribution in [3.8, 4) is 11.5 Å². The molecule has 2 aromatic carbocycles. The molecule has 0 bridgehead atoms. The third-order valence-corrected chi connectivity index (χ3v) is 3.64. The van der Waals surface area contributed by atoms with E-state index in [0.717, 1.165) is 5.56 Å². The van der Waals surface area contributed by atoms with Gasteiger partial charge >= 0.3 is 5.97 Å². The summed E-state index contributed by atoms with van der Waals surface area (Å²) in [5, 5.41) is 0. The molecular weight excluding hydrogens is 332 g/mol. The van der Waals surface area contributed by atoms with Crippen molar-refractivity contribution in [3.05, 3.63) is 65.2 Å². The topological polar surface area (TPSA) is 61.8 Å². The zero-order valence-corrected chi connectivity index (χ0v) is 15.2. The first kappa shape index (κ1) is 19.2. The predicted octanol–water partition coefficient (Wildman–Crippen LogP) is 4.05. The largest absolute Gasteiger partial charge is 0.497 e. The molecule has 0 aliphatic rings. The van der Waals surface area contributed by atoms with Gasteiger partial charge in [-0.1, -0.05) is 12.1 Å². The van der Waals surface area contributed by atoms with Crippen molar-refractivity contribution in [3.63, 3.8) is 0 Å². The van der Waals surface area contributed by atoms with Gasteiger partial charge in [0.1, 0.15) is 18.1 Å². The zero-order chi connectivity index (χ0) is 18.9. The first-order valence-corrected chi connectivity index (χ1v) is 8.29. The van der Waals surface area contributed by atoms with Crippen LogP contribution in [-0.2, 0) is 16.1 Å². The van der Waals surface area contributed by atoms with Gasteiger partial charge < -0.3 is 14.2 Å². The van der Waals surface area contributed by atoms with Gasteiger partial charge in [-0.3, -0.25) is 4.79 Å². The van der Waals surface area contributed by atoms with Crippen molar-refractivity contribution in [2.45, 2.75) is 20.5 Å². The van der Waals surface area contributed by atoms with E-state index in [1.54, 1.807) is 31.4 Å². The third-order valence-electron chi connectivity index (χ3n) is 3.64. The van der Waals surface area contributed by atoms with Crippen molar-refractivity contribution in [1.29, 1.82) is 0 Å². The Labute approximate surface area is 153 Å². The molecule has 0 radical (unpaired) electrons. The summed E-state index contributed by atoms with van der Waals surface area (Å²) in [5.74, 6) is 0.770. The zero-order valence-electron chi connectivity index (χ0n) is 15.2. The van der Waals surface area contributed by atoms with Crippen LogP contribution >= 0.6 is 0 Å². The van der Waals surface area contributed by atoms with Crippen LogP contribution in [0.1, 0.15) is 35.3 Å². The van der Waals surface area contributed by atoms with E-state index in [9.17, 15) is 9.59 Å². The number of benzene rings is 2. The second kappa shape index (κ2) is 9.42. The maximum Gasteiger partial charge on any atom is 0.331 e. The number of esters is 1. The van der Waals surface area contributed by atoms with Crippen molar-refractivity contribution in [2.75, 3.05) is 13.7 Å². The predicted molar refractivity (Wildman–Crippen MR) is 99.4 cm³/mol. The Morgan fingerprint density at radius 1 is 1.12 bits per heavy atom. The van der Waals surface area contributed by atoms with Crippen molar-refractivity contribution in [2.24, 2.45) is 0 Å². The summed E-state index contributed by atoms with van der Waals surface area (Å²) in [4.78, 5) is 23.5. The number of hydrogen-bond donors (Lipinski definition) is 0. The van der Waals surface area contributed by atoms with Crippen LogP contribution in [0, 0.1) is 0 Å². The number of rotatable bonds is 8. The van der Waals surface area contributed by atoms with E-state index in [4.69, 9.17) is 14.2 Å². The van der Waals surface area contributed by atoms with E-state index >= 15 is 0 Å². The average Bonchev–Trinajstić information content (AvgIpc) is 2.65. The molecular formula is C21H22O5. The molecule has 0 atom stereocenters. The number of carbonyl (C=O) groups excluding carboxylic acids is 2. The molecule has 0 unspecified atom stereocenters. The molecule has 0 saturated heterocycles. The molecule has 26 heavy (non-hydrogen) atoms. The summed E-state index contributed by atoms with van der Waals surface area (Å²) < 4.78 is 15.9. The quantitative estimate of drug-likeness (QED) is 0.406. The Kier molecular flexibility index (Phi) is 6.97. The summed E-state index contributed by atoms with van der Waals surface area (Å²) in [6.07, 6.45) is 3.00. The second-order valence-corrected chi connectivity index (χ2v) is 5.53. The summed E-state index contributed by atoms with van der Waals surface area (Å²) >= 11 is 0. The van der Waals surface area contributed by atoms with Gasteiger partial charge in [0.15, 0.2) is 5.78 Å². The first-order valence-electron chi connectivity index (χ1n) is 8.29. The van der Waals surface area contributed by atoms with E-state index in [-0.39, 0.29) is 12.4 Å². The fraction of sp³-hybridized carbons (Fsp3) is 0.238. The van der Waals surface area contributed by atoms with Gasteiger partial charge in [-0.05, 0) is 55.8 Å². The van der Waals surface area contributed by atoms with Crippen LogP contribution < -0.4 is 9.47 Å². The molecule has 2 rings (SSSR count). The van der Waals surface area contributed by atoms with Gasteiger partial charge in [0.25, 0.3) is 0 Å². The van der Waals surface area contributed by atoms with E-state index < -0.39 is 5.97 Å². The van der Waals surface area contributed by atoms with Gasteiger partial charge in [0.05, 0.1) is 13.7 Å². The average molecular weight is 354 g/mol. The minimum absolute atomic E-state index is 0.0255. The standard InChI is InChI=1S/C21H22O5/c1-4-25-20-10-9-17(15(2)22)13-18(20)14-26-21(23)11-8-16-6-5-7-19(12-16)24-3/h5-13H,4,14H2,1-3H3/b11-8-. The number of methoxy groups -OCH3 is 1. The van der Waals surface area contributed by atoms with Gasteiger partial charge in [-0.2, -0.15) is 0 Å². The van der Waals surface area contributed by atoms with Crippen molar-refractivity contribution in [1.82, 2.24) is 0 Å². The molecule has 5 nitrogen and oxygen atoms in total. The van der Waals surface area contributed by atoms with Crippen LogP contribution in [0.3, 0.4) is 0 Å². The van der Waals surface area contributed by atoms with E-state index in [2.05, 4.69) is 0 Å². The number of ketones is 1. The molecule has 0 fully saturated rings. The number of hydrogen-bond acceptors (Lipinski definition) is 5. The monoisotopic (exact) mass is 354 g/mol. The van der Waals surface area contributed by atoms with E-state index in [0.29, 0.717) is 29.2 Å². The van der Waals surface area contributed by atoms with Gasteiger partial charge in [-0.25, -0.2) is 4.79 Å². The Morgan fingerprint density at radius 3 is 2.62 bits per heavy atom. The molecule has 2 aromatic rings. The van der Waals surface area contributed by atoms with Crippen LogP contribution in [0.4, 0.5) is 0 Å². The van der Waals surface area contributed by atoms with Crippen LogP contribution in [-0.4, -0.2) is 25.5 Å². The Balaban J connectivity index is 2.04. The summed E-state index contributed by atoms with van der Waals surface area (Å²) in [6, 6.07) is 12.4. The lowest BCUT2D eigenvalue weighted by Gasteiger charge is -2.11. The van der Waals surface area contributed by atoms with Crippen LogP contribution in [0.2, 0.25) is 0 Å². The fourth-order valence-corrected chi connectivity index (χ4v) is 2.31. The molecule has 136 valence electrons. The van der Waals surface area contributed by atoms with Gasteiger partial charge in [0.2, 0.25) is 0 Å². The fourth-order valence-electron chi connectivity index (χ4n) is 2.31. The maximum absolute atomic E-state index is 12.0. The summed E-state index contributed by atoms with van der Waals surface area (Å²) in [5.41, 5.74) is 2.03. The van der Waals surface area contributed by atoms with Gasteiger partial charge in [-0.15, -0.1) is 0 Å². The highest BCUT2D eigenvalue weighted by molar-refractivity contribution is 5.94. The highest BCUT2D eigenvalue weighted by Crippen LogP contribution is 2.22. The lowest BCUT2D eigenvalue weighted by Crippen LogP contribution is -2.05. The van der Waals surface area contributed by atoms with Crippen LogP contribution in [0.15, 0.2) is 48.5 Å². The molecule has 0 spiro atoms. The molecule has 0 aromatic heterocycles. The van der Waals surface area contributed by atoms with Crippen LogP contribution in [0.5, 0.6) is 11.5 Å². The number of ether oxygens (including phenoxy) is 3. The molecule has 0 aliphatic carbocycles. The highest BCUT2D eigenvalue weighted by atomic mass is 16.5. The molecule has 0 saturated carbocycles. The summed E-state index contributed by atoms with van der Waals surface area (Å²) in [6.45, 7) is 3.86. The molecule has 0 aliphatic heterocycles. The molecule has 5 heteroatoms. The highest BCUT2D eigenvalue weighted by Gasteiger charge is 2.09. The van der Waals surface area contributed by atoms with Gasteiger partial charge in [0, 0.05) is 17.2 Å². The van der Waals surface area contributed by atoms with Crippen LogP contribution in [0.25, 0.3) is 6.08 Å². The van der Waals surface area contributed by atoms with Crippen molar-refractivity contribution >= 4 is 17.8 Å². The number of carbonyl (C=O) groups is 2. The Hall–Kier alpha value is -3.08. The van der Waals surface area contributed by atoms with E-state index in [1.165, 1.54) is 13.0 Å². The lowest BCUT2D eigenvalue weighted by atomic mass is 10.1. The third kappa shape index (κ3) is 5.48. The normalized spacial score (nSPS) is 10.6. The maximum atomic E-state index is 12.0. The number of Topliss-reactive ketones (excluding diaryl/α,β-unsaturated/α-hetero) is 1.